The molecule has 4 heteroatoms. The Balaban J connectivity index is 2.58. The predicted octanol–water partition coefficient (Wildman–Crippen LogP) is 2.25. The van der Waals surface area contributed by atoms with Crippen LogP contribution in [0.3, 0.4) is 0 Å². The van der Waals surface area contributed by atoms with E-state index >= 15 is 0 Å². The Hall–Kier alpha value is -0.320. The third kappa shape index (κ3) is 3.12. The molecular weight excluding hydrogens is 244 g/mol. The summed E-state index contributed by atoms with van der Waals surface area (Å²) >= 11 is 3.47. The molecule has 0 aromatic carbocycles. The van der Waals surface area contributed by atoms with Crippen molar-refractivity contribution < 1.29 is 4.42 Å². The molecule has 0 aliphatic carbocycles. The van der Waals surface area contributed by atoms with Crippen LogP contribution in [-0.2, 0) is 0 Å². The van der Waals surface area contributed by atoms with Gasteiger partial charge < -0.3 is 14.6 Å². The first kappa shape index (κ1) is 11.8. The Labute approximate surface area is 93.6 Å². The van der Waals surface area contributed by atoms with Crippen molar-refractivity contribution >= 4 is 15.9 Å². The second kappa shape index (κ2) is 5.53. The standard InChI is InChI=1S/C10H17BrN2O/c1-12-9(4-6-13(2)3)10-8(11)5-7-14-10/h5,7,9,12H,4,6H2,1-3H3. The van der Waals surface area contributed by atoms with Crippen molar-refractivity contribution in [3.05, 3.63) is 22.6 Å². The number of hydrogen-bond donors (Lipinski definition) is 1. The largest absolute Gasteiger partial charge is 0.466 e. The van der Waals surface area contributed by atoms with Crippen LogP contribution in [0.4, 0.5) is 0 Å². The SMILES string of the molecule is CNC(CCN(C)C)c1occc1Br. The molecule has 14 heavy (non-hydrogen) atoms. The molecular formula is C10H17BrN2O. The summed E-state index contributed by atoms with van der Waals surface area (Å²) in [5.74, 6) is 0.981. The lowest BCUT2D eigenvalue weighted by Crippen LogP contribution is -2.22. The quantitative estimate of drug-likeness (QED) is 0.881. The molecule has 3 nitrogen and oxygen atoms in total. The Morgan fingerprint density at radius 3 is 2.71 bits per heavy atom. The molecule has 0 fully saturated rings. The maximum Gasteiger partial charge on any atom is 0.134 e. The molecule has 0 amide bonds. The highest BCUT2D eigenvalue weighted by Gasteiger charge is 2.15. The van der Waals surface area contributed by atoms with Gasteiger partial charge in [-0.15, -0.1) is 0 Å². The number of halogens is 1. The molecule has 0 spiro atoms. The minimum atomic E-state index is 0.279. The Bertz CT molecular complexity index is 273. The van der Waals surface area contributed by atoms with Crippen LogP contribution in [0.2, 0.25) is 0 Å². The van der Waals surface area contributed by atoms with Gasteiger partial charge in [0.25, 0.3) is 0 Å². The van der Waals surface area contributed by atoms with Gasteiger partial charge >= 0.3 is 0 Å². The van der Waals surface area contributed by atoms with E-state index in [4.69, 9.17) is 4.42 Å². The van der Waals surface area contributed by atoms with Gasteiger partial charge in [0.15, 0.2) is 0 Å². The molecule has 0 aliphatic rings. The molecule has 1 aromatic heterocycles. The summed E-state index contributed by atoms with van der Waals surface area (Å²) in [5.41, 5.74) is 0. The van der Waals surface area contributed by atoms with Crippen molar-refractivity contribution in [2.75, 3.05) is 27.7 Å². The highest BCUT2D eigenvalue weighted by Crippen LogP contribution is 2.26. The van der Waals surface area contributed by atoms with Crippen LogP contribution < -0.4 is 5.32 Å². The predicted molar refractivity (Wildman–Crippen MR) is 61.4 cm³/mol. The number of furan rings is 1. The van der Waals surface area contributed by atoms with Crippen LogP contribution in [0.1, 0.15) is 18.2 Å². The van der Waals surface area contributed by atoms with Gasteiger partial charge in [0, 0.05) is 0 Å². The summed E-state index contributed by atoms with van der Waals surface area (Å²) in [7, 11) is 6.10. The van der Waals surface area contributed by atoms with E-state index in [0.717, 1.165) is 23.2 Å². The second-order valence-corrected chi connectivity index (χ2v) is 4.42. The lowest BCUT2D eigenvalue weighted by atomic mass is 10.1. The van der Waals surface area contributed by atoms with Crippen LogP contribution >= 0.6 is 15.9 Å². The first-order valence-electron chi connectivity index (χ1n) is 4.70. The lowest BCUT2D eigenvalue weighted by molar-refractivity contribution is 0.341. The van der Waals surface area contributed by atoms with Gasteiger partial charge in [-0.2, -0.15) is 0 Å². The average Bonchev–Trinajstić information content (AvgIpc) is 2.53. The van der Waals surface area contributed by atoms with Gasteiger partial charge in [0.2, 0.25) is 0 Å². The van der Waals surface area contributed by atoms with Gasteiger partial charge in [-0.1, -0.05) is 0 Å². The average molecular weight is 261 g/mol. The van der Waals surface area contributed by atoms with Crippen LogP contribution in [0.5, 0.6) is 0 Å². The smallest absolute Gasteiger partial charge is 0.134 e. The number of hydrogen-bond acceptors (Lipinski definition) is 3. The van der Waals surface area contributed by atoms with Gasteiger partial charge in [-0.25, -0.2) is 0 Å². The van der Waals surface area contributed by atoms with E-state index in [2.05, 4.69) is 40.2 Å². The molecule has 80 valence electrons. The monoisotopic (exact) mass is 260 g/mol. The number of nitrogens with one attached hydrogen (secondary N) is 1. The summed E-state index contributed by atoms with van der Waals surface area (Å²) in [4.78, 5) is 2.17. The highest BCUT2D eigenvalue weighted by atomic mass is 79.9. The first-order valence-corrected chi connectivity index (χ1v) is 5.49. The van der Waals surface area contributed by atoms with Gasteiger partial charge in [0.05, 0.1) is 16.8 Å². The van der Waals surface area contributed by atoms with Crippen molar-refractivity contribution in [3.8, 4) is 0 Å². The maximum absolute atomic E-state index is 5.42. The summed E-state index contributed by atoms with van der Waals surface area (Å²) in [6, 6.07) is 2.21. The zero-order valence-corrected chi connectivity index (χ0v) is 10.5. The fourth-order valence-corrected chi connectivity index (χ4v) is 1.83. The van der Waals surface area contributed by atoms with Crippen LogP contribution in [0.25, 0.3) is 0 Å². The third-order valence-electron chi connectivity index (χ3n) is 2.17. The Morgan fingerprint density at radius 2 is 2.29 bits per heavy atom. The maximum atomic E-state index is 5.42. The van der Waals surface area contributed by atoms with Crippen molar-refractivity contribution in [2.45, 2.75) is 12.5 Å². The molecule has 0 bridgehead atoms. The fraction of sp³-hybridized carbons (Fsp3) is 0.600. The molecule has 1 unspecified atom stereocenters. The van der Waals surface area contributed by atoms with E-state index in [1.165, 1.54) is 0 Å². The molecule has 1 rings (SSSR count). The van der Waals surface area contributed by atoms with E-state index < -0.39 is 0 Å². The molecule has 0 radical (unpaired) electrons. The van der Waals surface area contributed by atoms with Crippen molar-refractivity contribution in [1.82, 2.24) is 10.2 Å². The molecule has 0 aliphatic heterocycles. The van der Waals surface area contributed by atoms with Crippen molar-refractivity contribution in [3.63, 3.8) is 0 Å². The molecule has 1 N–H and O–H groups in total. The van der Waals surface area contributed by atoms with Gasteiger partial charge in [0.1, 0.15) is 5.76 Å². The van der Waals surface area contributed by atoms with E-state index in [0.29, 0.717) is 0 Å². The minimum Gasteiger partial charge on any atom is -0.466 e. The summed E-state index contributed by atoms with van der Waals surface area (Å²) < 4.78 is 6.46. The first-order chi connectivity index (χ1) is 6.65. The minimum absolute atomic E-state index is 0.279. The zero-order chi connectivity index (χ0) is 10.6. The second-order valence-electron chi connectivity index (χ2n) is 3.57. The summed E-state index contributed by atoms with van der Waals surface area (Å²) in [6.45, 7) is 1.04. The molecule has 1 atom stereocenters. The van der Waals surface area contributed by atoms with E-state index in [-0.39, 0.29) is 6.04 Å². The van der Waals surface area contributed by atoms with E-state index in [1.54, 1.807) is 6.26 Å². The van der Waals surface area contributed by atoms with Gasteiger partial charge in [-0.05, 0) is 56.1 Å². The molecule has 0 saturated heterocycles. The molecule has 1 aromatic rings. The normalized spacial score (nSPS) is 13.5. The number of nitrogens with zero attached hydrogens (tertiary/aromatic N) is 1. The third-order valence-corrected chi connectivity index (χ3v) is 2.83. The van der Waals surface area contributed by atoms with Crippen molar-refractivity contribution in [1.29, 1.82) is 0 Å². The van der Waals surface area contributed by atoms with Crippen molar-refractivity contribution in [2.24, 2.45) is 0 Å². The van der Waals surface area contributed by atoms with Crippen LogP contribution in [0, 0.1) is 0 Å². The van der Waals surface area contributed by atoms with Gasteiger partial charge in [-0.3, -0.25) is 0 Å². The summed E-state index contributed by atoms with van der Waals surface area (Å²) in [6.07, 6.45) is 2.75. The molecule has 0 saturated carbocycles. The fourth-order valence-electron chi connectivity index (χ4n) is 1.35. The number of rotatable bonds is 5. The molecule has 1 heterocycles. The van der Waals surface area contributed by atoms with E-state index in [9.17, 15) is 0 Å². The highest BCUT2D eigenvalue weighted by molar-refractivity contribution is 9.10. The summed E-state index contributed by atoms with van der Waals surface area (Å²) in [5, 5.41) is 3.25. The topological polar surface area (TPSA) is 28.4 Å². The zero-order valence-electron chi connectivity index (χ0n) is 8.88. The Morgan fingerprint density at radius 1 is 1.57 bits per heavy atom. The van der Waals surface area contributed by atoms with Crippen LogP contribution in [-0.4, -0.2) is 32.6 Å². The lowest BCUT2D eigenvalue weighted by Gasteiger charge is -2.17. The Kier molecular flexibility index (Phi) is 4.65. The van der Waals surface area contributed by atoms with E-state index in [1.807, 2.05) is 13.1 Å². The van der Waals surface area contributed by atoms with Crippen LogP contribution in [0.15, 0.2) is 21.2 Å².